The summed E-state index contributed by atoms with van der Waals surface area (Å²) in [5.74, 6) is 2.58. The Morgan fingerprint density at radius 2 is 1.36 bits per heavy atom. The Balaban J connectivity index is 1.88. The summed E-state index contributed by atoms with van der Waals surface area (Å²) in [5, 5.41) is 10.4. The number of rotatable bonds is 4. The van der Waals surface area contributed by atoms with Crippen LogP contribution in [0.5, 0.6) is 0 Å². The molecule has 6 unspecified atom stereocenters. The molecule has 216 valence electrons. The topological polar surface area (TPSA) is 20.2 Å². The van der Waals surface area contributed by atoms with Crippen LogP contribution < -0.4 is 0 Å². The quantitative estimate of drug-likeness (QED) is 0.358. The number of hydrogen-bond donors (Lipinski definition) is 1. The first kappa shape index (κ1) is 30.2. The molecular weight excluding hydrogens is 472 g/mol. The van der Waals surface area contributed by atoms with E-state index in [0.29, 0.717) is 34.3 Å². The van der Waals surface area contributed by atoms with Crippen LogP contribution in [0.2, 0.25) is 0 Å². The Bertz CT molecular complexity index is 1090. The number of hydrogen-bond acceptors (Lipinski definition) is 1. The third kappa shape index (κ3) is 5.85. The Hall–Kier alpha value is -1.76. The van der Waals surface area contributed by atoms with Gasteiger partial charge in [0.15, 0.2) is 0 Å². The van der Waals surface area contributed by atoms with Crippen molar-refractivity contribution in [3.05, 3.63) is 71.6 Å². The maximum Gasteiger partial charge on any atom is 0.111 e. The molecule has 1 heteroatoms. The zero-order valence-corrected chi connectivity index (χ0v) is 26.9. The predicted octanol–water partition coefficient (Wildman–Crippen LogP) is 11.3. The first-order chi connectivity index (χ1) is 18.0. The number of aliphatic hydroxyl groups excluding tert-OH is 1. The molecule has 0 aliphatic heterocycles. The zero-order valence-electron chi connectivity index (χ0n) is 26.9. The summed E-state index contributed by atoms with van der Waals surface area (Å²) >= 11 is 0. The van der Waals surface area contributed by atoms with Gasteiger partial charge in [-0.3, -0.25) is 0 Å². The average molecular weight is 531 g/mol. The van der Waals surface area contributed by atoms with Gasteiger partial charge in [0.25, 0.3) is 0 Å². The number of allylic oxidation sites excluding steroid dienone is 11. The van der Waals surface area contributed by atoms with Gasteiger partial charge in [0.05, 0.1) is 0 Å². The SMILES string of the molecule is CC(C)(C)C1=CCC(C(C2=CCC(C(C)(C)C)CC2)(C2C=CC(O)=CC2)C2(C)C=CC(C(C)(C)C)CC2)C=C1. The van der Waals surface area contributed by atoms with Crippen LogP contribution in [0.15, 0.2) is 71.6 Å². The van der Waals surface area contributed by atoms with Crippen molar-refractivity contribution in [3.8, 4) is 0 Å². The first-order valence-corrected chi connectivity index (χ1v) is 15.8. The fraction of sp³-hybridized carbons (Fsp3) is 0.684. The lowest BCUT2D eigenvalue weighted by molar-refractivity contribution is 0.0115. The van der Waals surface area contributed by atoms with Crippen molar-refractivity contribution in [2.75, 3.05) is 0 Å². The molecule has 4 rings (SSSR count). The fourth-order valence-corrected chi connectivity index (χ4v) is 8.45. The maximum atomic E-state index is 10.4. The van der Waals surface area contributed by atoms with Crippen LogP contribution in [-0.4, -0.2) is 5.11 Å². The van der Waals surface area contributed by atoms with E-state index < -0.39 is 0 Å². The lowest BCUT2D eigenvalue weighted by atomic mass is 9.44. The van der Waals surface area contributed by atoms with E-state index in [9.17, 15) is 5.11 Å². The Labute approximate surface area is 241 Å². The van der Waals surface area contributed by atoms with E-state index in [0.717, 1.165) is 18.8 Å². The van der Waals surface area contributed by atoms with Crippen molar-refractivity contribution in [1.82, 2.24) is 0 Å². The monoisotopic (exact) mass is 530 g/mol. The maximum absolute atomic E-state index is 10.4. The van der Waals surface area contributed by atoms with Gasteiger partial charge in [-0.05, 0) is 108 Å². The summed E-state index contributed by atoms with van der Waals surface area (Å²) in [4.78, 5) is 0. The second kappa shape index (κ2) is 10.6. The molecule has 1 N–H and O–H groups in total. The minimum atomic E-state index is -0.0146. The lowest BCUT2D eigenvalue weighted by Gasteiger charge is -2.60. The second-order valence-corrected chi connectivity index (χ2v) is 16.7. The molecule has 4 aliphatic carbocycles. The van der Waals surface area contributed by atoms with Gasteiger partial charge >= 0.3 is 0 Å². The van der Waals surface area contributed by atoms with E-state index in [-0.39, 0.29) is 16.2 Å². The molecule has 4 aliphatic rings. The largest absolute Gasteiger partial charge is 0.508 e. The molecular formula is C38H58O. The Kier molecular flexibility index (Phi) is 8.19. The van der Waals surface area contributed by atoms with Gasteiger partial charge in [-0.15, -0.1) is 0 Å². The van der Waals surface area contributed by atoms with Crippen molar-refractivity contribution < 1.29 is 5.11 Å². The summed E-state index contributed by atoms with van der Waals surface area (Å²) in [5.41, 5.74) is 3.99. The average Bonchev–Trinajstić information content (AvgIpc) is 2.85. The van der Waals surface area contributed by atoms with Crippen LogP contribution in [0.1, 0.15) is 114 Å². The summed E-state index contributed by atoms with van der Waals surface area (Å²) < 4.78 is 0. The van der Waals surface area contributed by atoms with Crippen LogP contribution >= 0.6 is 0 Å². The smallest absolute Gasteiger partial charge is 0.111 e. The summed E-state index contributed by atoms with van der Waals surface area (Å²) in [6.07, 6.45) is 30.1. The minimum Gasteiger partial charge on any atom is -0.508 e. The summed E-state index contributed by atoms with van der Waals surface area (Å²) in [6.45, 7) is 24.0. The lowest BCUT2D eigenvalue weighted by Crippen LogP contribution is -2.52. The highest BCUT2D eigenvalue weighted by molar-refractivity contribution is 5.39. The standard InChI is InChI=1S/C38H58O/c1-34(2,3)27-11-15-30(16-12-27)38(32-19-21-33(39)22-20-32,31-17-13-28(14-18-31)35(4,5)6)37(10)25-23-29(24-26-37)36(7,8)9/h11-12,15,17,19,21-23,25,28-30,32,39H,13-14,16,18,20,24,26H2,1-10H3. The van der Waals surface area contributed by atoms with Crippen molar-refractivity contribution in [1.29, 1.82) is 0 Å². The van der Waals surface area contributed by atoms with Gasteiger partial charge in [-0.1, -0.05) is 117 Å². The van der Waals surface area contributed by atoms with E-state index in [2.05, 4.69) is 118 Å². The second-order valence-electron chi connectivity index (χ2n) is 16.7. The molecule has 0 fully saturated rings. The molecule has 0 aromatic carbocycles. The molecule has 6 atom stereocenters. The van der Waals surface area contributed by atoms with E-state index in [4.69, 9.17) is 0 Å². The molecule has 1 nitrogen and oxygen atoms in total. The van der Waals surface area contributed by atoms with Gasteiger partial charge in [0.1, 0.15) is 5.76 Å². The van der Waals surface area contributed by atoms with Crippen LogP contribution in [0.4, 0.5) is 0 Å². The fourth-order valence-electron chi connectivity index (χ4n) is 8.45. The van der Waals surface area contributed by atoms with Crippen molar-refractivity contribution in [2.45, 2.75) is 114 Å². The molecule has 0 aromatic rings. The van der Waals surface area contributed by atoms with Crippen molar-refractivity contribution in [3.63, 3.8) is 0 Å². The summed E-state index contributed by atoms with van der Waals surface area (Å²) in [7, 11) is 0. The Morgan fingerprint density at radius 3 is 1.77 bits per heavy atom. The molecule has 0 bridgehead atoms. The molecule has 0 amide bonds. The molecule has 0 spiro atoms. The van der Waals surface area contributed by atoms with Crippen LogP contribution in [0, 0.1) is 50.7 Å². The third-order valence-corrected chi connectivity index (χ3v) is 11.1. The van der Waals surface area contributed by atoms with Crippen molar-refractivity contribution >= 4 is 0 Å². The Morgan fingerprint density at radius 1 is 0.718 bits per heavy atom. The number of aliphatic hydroxyl groups is 1. The van der Waals surface area contributed by atoms with Gasteiger partial charge in [-0.25, -0.2) is 0 Å². The van der Waals surface area contributed by atoms with E-state index in [1.54, 1.807) is 5.57 Å². The first-order valence-electron chi connectivity index (χ1n) is 15.8. The van der Waals surface area contributed by atoms with Crippen LogP contribution in [0.3, 0.4) is 0 Å². The highest BCUT2D eigenvalue weighted by Crippen LogP contribution is 2.65. The zero-order chi connectivity index (χ0) is 28.9. The molecule has 0 heterocycles. The summed E-state index contributed by atoms with van der Waals surface area (Å²) in [6, 6.07) is 0. The van der Waals surface area contributed by atoms with Gasteiger partial charge in [0, 0.05) is 5.41 Å². The van der Waals surface area contributed by atoms with Gasteiger partial charge in [0.2, 0.25) is 0 Å². The molecule has 0 saturated carbocycles. The molecule has 0 aromatic heterocycles. The highest BCUT2D eigenvalue weighted by Gasteiger charge is 2.57. The van der Waals surface area contributed by atoms with E-state index in [1.807, 2.05) is 6.08 Å². The third-order valence-electron chi connectivity index (χ3n) is 11.1. The van der Waals surface area contributed by atoms with E-state index in [1.165, 1.54) is 37.7 Å². The minimum absolute atomic E-state index is 0.0146. The normalized spacial score (nSPS) is 33.7. The van der Waals surface area contributed by atoms with E-state index >= 15 is 0 Å². The van der Waals surface area contributed by atoms with Crippen LogP contribution in [0.25, 0.3) is 0 Å². The van der Waals surface area contributed by atoms with Gasteiger partial charge in [-0.2, -0.15) is 0 Å². The highest BCUT2D eigenvalue weighted by atomic mass is 16.3. The van der Waals surface area contributed by atoms with Crippen molar-refractivity contribution in [2.24, 2.45) is 50.7 Å². The molecule has 0 saturated heterocycles. The molecule has 0 radical (unpaired) electrons. The van der Waals surface area contributed by atoms with Crippen LogP contribution in [-0.2, 0) is 0 Å². The predicted molar refractivity (Wildman–Crippen MR) is 169 cm³/mol. The van der Waals surface area contributed by atoms with Gasteiger partial charge < -0.3 is 5.11 Å². The molecule has 39 heavy (non-hydrogen) atoms.